The molecule has 0 atom stereocenters. The number of hydrogen-bond acceptors (Lipinski definition) is 3. The molecule has 26 heavy (non-hydrogen) atoms. The molecule has 7 heteroatoms. The Morgan fingerprint density at radius 2 is 1.77 bits per heavy atom. The van der Waals surface area contributed by atoms with Crippen molar-refractivity contribution < 1.29 is 8.42 Å². The van der Waals surface area contributed by atoms with E-state index in [9.17, 15) is 8.42 Å². The lowest BCUT2D eigenvalue weighted by Gasteiger charge is -2.21. The van der Waals surface area contributed by atoms with E-state index >= 15 is 0 Å². The Hall–Kier alpha value is -1.60. The maximum Gasteiger partial charge on any atom is 0.243 e. The molecule has 0 saturated carbocycles. The summed E-state index contributed by atoms with van der Waals surface area (Å²) in [5, 5.41) is 6.55. The Bertz CT molecular complexity index is 655. The van der Waals surface area contributed by atoms with Crippen LogP contribution in [-0.4, -0.2) is 45.4 Å². The van der Waals surface area contributed by atoms with Gasteiger partial charge in [-0.3, -0.25) is 4.99 Å². The van der Waals surface area contributed by atoms with Gasteiger partial charge in [-0.15, -0.1) is 0 Å². The molecule has 0 saturated heterocycles. The highest BCUT2D eigenvalue weighted by Crippen LogP contribution is 2.17. The SMILES string of the molecule is CCCCCCNC(=NC)NCc1ccc(S(=O)(=O)N(C)C(C)C)cc1. The van der Waals surface area contributed by atoms with Crippen LogP contribution in [0.2, 0.25) is 0 Å². The normalized spacial score (nSPS) is 12.7. The van der Waals surface area contributed by atoms with Crippen molar-refractivity contribution in [3.8, 4) is 0 Å². The number of benzene rings is 1. The molecular formula is C19H34N4O2S. The second-order valence-corrected chi connectivity index (χ2v) is 8.67. The van der Waals surface area contributed by atoms with E-state index in [1.54, 1.807) is 26.2 Å². The fourth-order valence-electron chi connectivity index (χ4n) is 2.39. The van der Waals surface area contributed by atoms with Gasteiger partial charge in [0.05, 0.1) is 4.90 Å². The number of rotatable bonds is 10. The van der Waals surface area contributed by atoms with E-state index in [2.05, 4.69) is 22.5 Å². The zero-order chi connectivity index (χ0) is 19.6. The van der Waals surface area contributed by atoms with Gasteiger partial charge in [0.25, 0.3) is 0 Å². The van der Waals surface area contributed by atoms with E-state index < -0.39 is 10.0 Å². The average Bonchev–Trinajstić information content (AvgIpc) is 2.63. The van der Waals surface area contributed by atoms with Crippen molar-refractivity contribution in [3.63, 3.8) is 0 Å². The number of nitrogens with one attached hydrogen (secondary N) is 2. The highest BCUT2D eigenvalue weighted by Gasteiger charge is 2.22. The van der Waals surface area contributed by atoms with Gasteiger partial charge in [-0.05, 0) is 38.0 Å². The molecule has 1 aromatic rings. The van der Waals surface area contributed by atoms with Crippen LogP contribution in [0.5, 0.6) is 0 Å². The van der Waals surface area contributed by atoms with Crippen LogP contribution in [-0.2, 0) is 16.6 Å². The van der Waals surface area contributed by atoms with Crippen LogP contribution in [0.25, 0.3) is 0 Å². The van der Waals surface area contributed by atoms with E-state index in [1.807, 2.05) is 26.0 Å². The predicted octanol–water partition coefficient (Wildman–Crippen LogP) is 2.96. The minimum Gasteiger partial charge on any atom is -0.356 e. The molecule has 1 rings (SSSR count). The van der Waals surface area contributed by atoms with Gasteiger partial charge in [0.2, 0.25) is 10.0 Å². The minimum absolute atomic E-state index is 0.0759. The van der Waals surface area contributed by atoms with Crippen LogP contribution in [0.15, 0.2) is 34.2 Å². The smallest absolute Gasteiger partial charge is 0.243 e. The summed E-state index contributed by atoms with van der Waals surface area (Å²) in [6, 6.07) is 6.91. The molecule has 0 amide bonds. The van der Waals surface area contributed by atoms with Crippen molar-refractivity contribution in [2.75, 3.05) is 20.6 Å². The summed E-state index contributed by atoms with van der Waals surface area (Å²) in [4.78, 5) is 4.53. The summed E-state index contributed by atoms with van der Waals surface area (Å²) in [6.45, 7) is 7.41. The molecule has 0 heterocycles. The maximum absolute atomic E-state index is 12.5. The summed E-state index contributed by atoms with van der Waals surface area (Å²) in [6.07, 6.45) is 4.84. The van der Waals surface area contributed by atoms with Gasteiger partial charge in [-0.1, -0.05) is 38.3 Å². The molecule has 0 aliphatic rings. The van der Waals surface area contributed by atoms with Crippen molar-refractivity contribution >= 4 is 16.0 Å². The summed E-state index contributed by atoms with van der Waals surface area (Å²) in [7, 11) is -0.0822. The van der Waals surface area contributed by atoms with E-state index in [0.717, 1.165) is 24.5 Å². The fraction of sp³-hybridized carbons (Fsp3) is 0.632. The highest BCUT2D eigenvalue weighted by atomic mass is 32.2. The molecule has 2 N–H and O–H groups in total. The number of guanidine groups is 1. The van der Waals surface area contributed by atoms with E-state index in [-0.39, 0.29) is 6.04 Å². The largest absolute Gasteiger partial charge is 0.356 e. The molecule has 0 aliphatic carbocycles. The summed E-state index contributed by atoms with van der Waals surface area (Å²) < 4.78 is 26.3. The number of unbranched alkanes of at least 4 members (excludes halogenated alkanes) is 3. The van der Waals surface area contributed by atoms with Crippen LogP contribution in [0, 0.1) is 0 Å². The number of nitrogens with zero attached hydrogens (tertiary/aromatic N) is 2. The minimum atomic E-state index is -3.43. The number of hydrogen-bond donors (Lipinski definition) is 2. The first-order valence-corrected chi connectivity index (χ1v) is 10.8. The lowest BCUT2D eigenvalue weighted by molar-refractivity contribution is 0.410. The van der Waals surface area contributed by atoms with Crippen molar-refractivity contribution in [2.45, 2.75) is 63.9 Å². The second-order valence-electron chi connectivity index (χ2n) is 6.67. The molecule has 0 aliphatic heterocycles. The van der Waals surface area contributed by atoms with Gasteiger partial charge in [0.15, 0.2) is 5.96 Å². The molecular weight excluding hydrogens is 348 g/mol. The van der Waals surface area contributed by atoms with Gasteiger partial charge in [0.1, 0.15) is 0 Å². The number of aliphatic imine (C=N–C) groups is 1. The summed E-state index contributed by atoms with van der Waals surface area (Å²) >= 11 is 0. The van der Waals surface area contributed by atoms with Crippen LogP contribution in [0.3, 0.4) is 0 Å². The highest BCUT2D eigenvalue weighted by molar-refractivity contribution is 7.89. The molecule has 0 aromatic heterocycles. The van der Waals surface area contributed by atoms with Crippen molar-refractivity contribution in [1.82, 2.24) is 14.9 Å². The lowest BCUT2D eigenvalue weighted by Crippen LogP contribution is -2.37. The van der Waals surface area contributed by atoms with Crippen LogP contribution in [0.4, 0.5) is 0 Å². The molecule has 1 aromatic carbocycles. The summed E-state index contributed by atoms with van der Waals surface area (Å²) in [5.41, 5.74) is 1.00. The Labute approximate surface area is 159 Å². The predicted molar refractivity (Wildman–Crippen MR) is 109 cm³/mol. The maximum atomic E-state index is 12.5. The van der Waals surface area contributed by atoms with Gasteiger partial charge < -0.3 is 10.6 Å². The van der Waals surface area contributed by atoms with Crippen LogP contribution in [0.1, 0.15) is 52.0 Å². The standard InChI is InChI=1S/C19H34N4O2S/c1-6-7-8-9-14-21-19(20-4)22-15-17-10-12-18(13-11-17)26(24,25)23(5)16(2)3/h10-13,16H,6-9,14-15H2,1-5H3,(H2,20,21,22). The molecule has 0 unspecified atom stereocenters. The molecule has 0 radical (unpaired) electrons. The van der Waals surface area contributed by atoms with Gasteiger partial charge in [0, 0.05) is 33.2 Å². The van der Waals surface area contributed by atoms with E-state index in [1.165, 1.54) is 23.6 Å². The third kappa shape index (κ3) is 6.96. The van der Waals surface area contributed by atoms with Gasteiger partial charge >= 0.3 is 0 Å². The number of sulfonamides is 1. The molecule has 0 fully saturated rings. The van der Waals surface area contributed by atoms with Gasteiger partial charge in [-0.25, -0.2) is 8.42 Å². The lowest BCUT2D eigenvalue weighted by atomic mass is 10.2. The van der Waals surface area contributed by atoms with Crippen LogP contribution >= 0.6 is 0 Å². The van der Waals surface area contributed by atoms with Crippen molar-refractivity contribution in [3.05, 3.63) is 29.8 Å². The molecule has 6 nitrogen and oxygen atoms in total. The monoisotopic (exact) mass is 382 g/mol. The second kappa shape index (κ2) is 11.2. The topological polar surface area (TPSA) is 73.8 Å². The molecule has 148 valence electrons. The first kappa shape index (κ1) is 22.4. The zero-order valence-electron chi connectivity index (χ0n) is 16.7. The Morgan fingerprint density at radius 3 is 2.31 bits per heavy atom. The van der Waals surface area contributed by atoms with Crippen molar-refractivity contribution in [1.29, 1.82) is 0 Å². The quantitative estimate of drug-likeness (QED) is 0.371. The van der Waals surface area contributed by atoms with Gasteiger partial charge in [-0.2, -0.15) is 4.31 Å². The summed E-state index contributed by atoms with van der Waals surface area (Å²) in [5.74, 6) is 0.762. The average molecular weight is 383 g/mol. The van der Waals surface area contributed by atoms with E-state index in [0.29, 0.717) is 11.4 Å². The molecule has 0 bridgehead atoms. The Morgan fingerprint density at radius 1 is 1.12 bits per heavy atom. The Kier molecular flexibility index (Phi) is 9.65. The Balaban J connectivity index is 2.56. The van der Waals surface area contributed by atoms with Crippen molar-refractivity contribution in [2.24, 2.45) is 4.99 Å². The third-order valence-electron chi connectivity index (χ3n) is 4.33. The van der Waals surface area contributed by atoms with Crippen LogP contribution < -0.4 is 10.6 Å². The zero-order valence-corrected chi connectivity index (χ0v) is 17.6. The molecule has 0 spiro atoms. The fourth-order valence-corrected chi connectivity index (χ4v) is 3.76. The first-order chi connectivity index (χ1) is 12.3. The first-order valence-electron chi connectivity index (χ1n) is 9.34. The van der Waals surface area contributed by atoms with E-state index in [4.69, 9.17) is 0 Å². The third-order valence-corrected chi connectivity index (χ3v) is 6.38.